The van der Waals surface area contributed by atoms with E-state index in [1.165, 1.54) is 17.7 Å². The van der Waals surface area contributed by atoms with E-state index in [0.717, 1.165) is 43.7 Å². The minimum Gasteiger partial charge on any atom is -0.357 e. The molecule has 0 saturated heterocycles. The van der Waals surface area contributed by atoms with Crippen molar-refractivity contribution in [1.82, 2.24) is 10.6 Å². The Labute approximate surface area is 149 Å². The van der Waals surface area contributed by atoms with Crippen LogP contribution in [-0.4, -0.2) is 31.3 Å². The number of nitrogens with one attached hydrogen (secondary N) is 2. The van der Waals surface area contributed by atoms with Gasteiger partial charge < -0.3 is 10.6 Å². The van der Waals surface area contributed by atoms with Crippen LogP contribution < -0.4 is 10.6 Å². The maximum Gasteiger partial charge on any atom is 0.191 e. The summed E-state index contributed by atoms with van der Waals surface area (Å²) < 4.78 is 0. The fourth-order valence-corrected chi connectivity index (χ4v) is 2.72. The maximum absolute atomic E-state index is 4.62. The first-order valence-electron chi connectivity index (χ1n) is 7.58. The summed E-state index contributed by atoms with van der Waals surface area (Å²) in [6.07, 6.45) is 3.86. The molecule has 0 bridgehead atoms. The lowest BCUT2D eigenvalue weighted by Crippen LogP contribution is -2.38. The number of hydrogen-bond donors (Lipinski definition) is 2. The smallest absolute Gasteiger partial charge is 0.191 e. The largest absolute Gasteiger partial charge is 0.357 e. The molecule has 21 heavy (non-hydrogen) atoms. The molecule has 1 fully saturated rings. The van der Waals surface area contributed by atoms with E-state index in [0.29, 0.717) is 0 Å². The molecular formula is C16H26IN3S. The highest BCUT2D eigenvalue weighted by Crippen LogP contribution is 2.28. The zero-order valence-electron chi connectivity index (χ0n) is 12.7. The van der Waals surface area contributed by atoms with Crippen molar-refractivity contribution in [2.75, 3.05) is 25.4 Å². The van der Waals surface area contributed by atoms with Gasteiger partial charge in [0, 0.05) is 24.5 Å². The Morgan fingerprint density at radius 1 is 1.24 bits per heavy atom. The van der Waals surface area contributed by atoms with Crippen LogP contribution in [0.25, 0.3) is 0 Å². The summed E-state index contributed by atoms with van der Waals surface area (Å²) in [5.41, 5.74) is 0. The predicted octanol–water partition coefficient (Wildman–Crippen LogP) is 3.75. The third kappa shape index (κ3) is 8.56. The lowest BCUT2D eigenvalue weighted by molar-refractivity contribution is 0.770. The molecule has 0 aliphatic heterocycles. The Morgan fingerprint density at radius 3 is 2.67 bits per heavy atom. The van der Waals surface area contributed by atoms with Crippen molar-refractivity contribution in [3.05, 3.63) is 30.3 Å². The molecule has 0 atom stereocenters. The number of benzene rings is 1. The van der Waals surface area contributed by atoms with Crippen LogP contribution in [0.1, 0.15) is 26.2 Å². The van der Waals surface area contributed by atoms with E-state index in [4.69, 9.17) is 0 Å². The fraction of sp³-hybridized carbons (Fsp3) is 0.562. The van der Waals surface area contributed by atoms with Crippen LogP contribution >= 0.6 is 35.7 Å². The summed E-state index contributed by atoms with van der Waals surface area (Å²) in [4.78, 5) is 5.97. The van der Waals surface area contributed by atoms with E-state index in [1.807, 2.05) is 11.8 Å². The van der Waals surface area contributed by atoms with Gasteiger partial charge in [0.15, 0.2) is 5.96 Å². The minimum atomic E-state index is 0. The SMILES string of the molecule is CCNC(=NCC1CC1)NCCCSc1ccccc1.I. The van der Waals surface area contributed by atoms with Crippen LogP contribution in [0.2, 0.25) is 0 Å². The Hall–Kier alpha value is -0.430. The van der Waals surface area contributed by atoms with E-state index in [2.05, 4.69) is 52.9 Å². The number of halogens is 1. The molecule has 0 aromatic heterocycles. The predicted molar refractivity (Wildman–Crippen MR) is 104 cm³/mol. The number of nitrogens with zero attached hydrogens (tertiary/aromatic N) is 1. The molecule has 1 aliphatic carbocycles. The number of thioether (sulfide) groups is 1. The topological polar surface area (TPSA) is 36.4 Å². The standard InChI is InChI=1S/C16H25N3S.HI/c1-2-17-16(19-13-14-9-10-14)18-11-6-12-20-15-7-4-3-5-8-15;/h3-5,7-8,14H,2,6,9-13H2,1H3,(H2,17,18,19);1H. The highest BCUT2D eigenvalue weighted by atomic mass is 127. The summed E-state index contributed by atoms with van der Waals surface area (Å²) in [6, 6.07) is 10.6. The number of hydrogen-bond acceptors (Lipinski definition) is 2. The Morgan fingerprint density at radius 2 is 2.00 bits per heavy atom. The molecule has 0 unspecified atom stereocenters. The third-order valence-electron chi connectivity index (χ3n) is 3.17. The first-order chi connectivity index (χ1) is 9.88. The van der Waals surface area contributed by atoms with Crippen molar-refractivity contribution < 1.29 is 0 Å². The number of aliphatic imine (C=N–C) groups is 1. The van der Waals surface area contributed by atoms with Gasteiger partial charge in [-0.05, 0) is 50.0 Å². The quantitative estimate of drug-likeness (QED) is 0.222. The minimum absolute atomic E-state index is 0. The molecular weight excluding hydrogens is 393 g/mol. The van der Waals surface area contributed by atoms with Gasteiger partial charge in [-0.3, -0.25) is 4.99 Å². The molecule has 0 spiro atoms. The molecule has 5 heteroatoms. The number of rotatable bonds is 8. The molecule has 1 saturated carbocycles. The van der Waals surface area contributed by atoms with E-state index in [1.54, 1.807) is 0 Å². The van der Waals surface area contributed by atoms with Crippen LogP contribution in [-0.2, 0) is 0 Å². The van der Waals surface area contributed by atoms with E-state index in [9.17, 15) is 0 Å². The van der Waals surface area contributed by atoms with Gasteiger partial charge in [0.1, 0.15) is 0 Å². The highest BCUT2D eigenvalue weighted by molar-refractivity contribution is 14.0. The summed E-state index contributed by atoms with van der Waals surface area (Å²) in [6.45, 7) is 5.00. The van der Waals surface area contributed by atoms with Gasteiger partial charge in [-0.1, -0.05) is 18.2 Å². The monoisotopic (exact) mass is 419 g/mol. The van der Waals surface area contributed by atoms with Gasteiger partial charge in [0.25, 0.3) is 0 Å². The highest BCUT2D eigenvalue weighted by Gasteiger charge is 2.20. The zero-order chi connectivity index (χ0) is 14.0. The van der Waals surface area contributed by atoms with Crippen molar-refractivity contribution in [3.8, 4) is 0 Å². The van der Waals surface area contributed by atoms with Gasteiger partial charge >= 0.3 is 0 Å². The molecule has 0 heterocycles. The fourth-order valence-electron chi connectivity index (χ4n) is 1.85. The first kappa shape index (κ1) is 18.6. The molecule has 1 aromatic carbocycles. The second-order valence-electron chi connectivity index (χ2n) is 5.10. The van der Waals surface area contributed by atoms with Crippen molar-refractivity contribution in [2.24, 2.45) is 10.9 Å². The van der Waals surface area contributed by atoms with Gasteiger partial charge in [0.05, 0.1) is 0 Å². The van der Waals surface area contributed by atoms with Crippen LogP contribution in [0.5, 0.6) is 0 Å². The molecule has 1 aromatic rings. The van der Waals surface area contributed by atoms with E-state index < -0.39 is 0 Å². The Balaban J connectivity index is 0.00000220. The molecule has 118 valence electrons. The van der Waals surface area contributed by atoms with Crippen molar-refractivity contribution >= 4 is 41.7 Å². The van der Waals surface area contributed by atoms with Crippen molar-refractivity contribution in [2.45, 2.75) is 31.1 Å². The summed E-state index contributed by atoms with van der Waals surface area (Å²) in [7, 11) is 0. The van der Waals surface area contributed by atoms with Crippen LogP contribution in [0.4, 0.5) is 0 Å². The van der Waals surface area contributed by atoms with Crippen molar-refractivity contribution in [3.63, 3.8) is 0 Å². The summed E-state index contributed by atoms with van der Waals surface area (Å²) in [5, 5.41) is 6.72. The first-order valence-corrected chi connectivity index (χ1v) is 8.57. The maximum atomic E-state index is 4.62. The van der Waals surface area contributed by atoms with E-state index >= 15 is 0 Å². The average Bonchev–Trinajstić information content (AvgIpc) is 3.29. The lowest BCUT2D eigenvalue weighted by Gasteiger charge is -2.11. The second-order valence-corrected chi connectivity index (χ2v) is 6.27. The molecule has 2 N–H and O–H groups in total. The van der Waals surface area contributed by atoms with Crippen LogP contribution in [0.15, 0.2) is 40.2 Å². The van der Waals surface area contributed by atoms with Gasteiger partial charge in [-0.25, -0.2) is 0 Å². The molecule has 0 radical (unpaired) electrons. The molecule has 1 aliphatic rings. The van der Waals surface area contributed by atoms with Gasteiger partial charge in [0.2, 0.25) is 0 Å². The second kappa shape index (κ2) is 11.2. The van der Waals surface area contributed by atoms with Crippen molar-refractivity contribution in [1.29, 1.82) is 0 Å². The normalized spacial score (nSPS) is 14.4. The third-order valence-corrected chi connectivity index (χ3v) is 4.27. The summed E-state index contributed by atoms with van der Waals surface area (Å²) in [5.74, 6) is 2.96. The van der Waals surface area contributed by atoms with Gasteiger partial charge in [-0.2, -0.15) is 0 Å². The van der Waals surface area contributed by atoms with Crippen LogP contribution in [0, 0.1) is 5.92 Å². The van der Waals surface area contributed by atoms with E-state index in [-0.39, 0.29) is 24.0 Å². The Kier molecular flexibility index (Phi) is 9.91. The molecule has 3 nitrogen and oxygen atoms in total. The van der Waals surface area contributed by atoms with Crippen LogP contribution in [0.3, 0.4) is 0 Å². The number of guanidine groups is 1. The van der Waals surface area contributed by atoms with Gasteiger partial charge in [-0.15, -0.1) is 35.7 Å². The lowest BCUT2D eigenvalue weighted by atomic mass is 10.4. The zero-order valence-corrected chi connectivity index (χ0v) is 15.8. The molecule has 0 amide bonds. The Bertz CT molecular complexity index is 407. The molecule has 2 rings (SSSR count). The summed E-state index contributed by atoms with van der Waals surface area (Å²) >= 11 is 1.91. The average molecular weight is 419 g/mol.